The maximum absolute atomic E-state index is 12.9. The lowest BCUT2D eigenvalue weighted by molar-refractivity contribution is -0.118. The van der Waals surface area contributed by atoms with Crippen molar-refractivity contribution in [2.45, 2.75) is 50.6 Å². The van der Waals surface area contributed by atoms with Gasteiger partial charge in [0.05, 0.1) is 6.04 Å². The molecule has 1 aliphatic carbocycles. The number of hydrogen-bond donors (Lipinski definition) is 1. The molecule has 1 aromatic carbocycles. The Bertz CT molecular complexity index is 597. The molecule has 24 heavy (non-hydrogen) atoms. The van der Waals surface area contributed by atoms with Gasteiger partial charge in [-0.25, -0.2) is 4.39 Å². The summed E-state index contributed by atoms with van der Waals surface area (Å²) in [6, 6.07) is 6.02. The van der Waals surface area contributed by atoms with Crippen LogP contribution in [-0.4, -0.2) is 40.9 Å². The van der Waals surface area contributed by atoms with Crippen molar-refractivity contribution in [3.8, 4) is 0 Å². The zero-order chi connectivity index (χ0) is 16.9. The first kappa shape index (κ1) is 17.3. The molecule has 0 aromatic heterocycles. The number of likely N-dealkylation sites (N-methyl/N-ethyl adjacent to an activating group) is 1. The Balaban J connectivity index is 1.61. The van der Waals surface area contributed by atoms with E-state index >= 15 is 0 Å². The average Bonchev–Trinajstić information content (AvgIpc) is 2.77. The van der Waals surface area contributed by atoms with Crippen LogP contribution in [0.3, 0.4) is 0 Å². The Morgan fingerprint density at radius 2 is 1.88 bits per heavy atom. The molecular formula is C18H24FN3OS. The van der Waals surface area contributed by atoms with E-state index in [1.54, 1.807) is 23.9 Å². The number of carbonyl (C=O) groups is 1. The number of nitrogens with zero attached hydrogens (tertiary/aromatic N) is 2. The van der Waals surface area contributed by atoms with Gasteiger partial charge in [-0.3, -0.25) is 9.79 Å². The maximum atomic E-state index is 12.9. The molecule has 4 nitrogen and oxygen atoms in total. The molecule has 1 amide bonds. The second-order valence-corrected chi connectivity index (χ2v) is 7.48. The fourth-order valence-electron chi connectivity index (χ4n) is 3.18. The minimum absolute atomic E-state index is 0.0670. The third kappa shape index (κ3) is 4.29. The van der Waals surface area contributed by atoms with Crippen LogP contribution in [-0.2, 0) is 4.79 Å². The molecule has 2 aliphatic rings. The van der Waals surface area contributed by atoms with Crippen LogP contribution >= 0.6 is 11.8 Å². The second-order valence-electron chi connectivity index (χ2n) is 6.49. The van der Waals surface area contributed by atoms with Crippen molar-refractivity contribution in [3.05, 3.63) is 30.1 Å². The van der Waals surface area contributed by atoms with E-state index in [9.17, 15) is 9.18 Å². The van der Waals surface area contributed by atoms with Crippen molar-refractivity contribution in [3.63, 3.8) is 0 Å². The molecule has 0 radical (unpaired) electrons. The Morgan fingerprint density at radius 1 is 1.21 bits per heavy atom. The summed E-state index contributed by atoms with van der Waals surface area (Å²) < 4.78 is 12.9. The van der Waals surface area contributed by atoms with E-state index in [0.29, 0.717) is 17.5 Å². The minimum Gasteiger partial charge on any atom is -0.342 e. The first-order valence-electron chi connectivity index (χ1n) is 8.63. The zero-order valence-corrected chi connectivity index (χ0v) is 14.8. The van der Waals surface area contributed by atoms with Crippen LogP contribution in [0.5, 0.6) is 0 Å². The van der Waals surface area contributed by atoms with Crippen LogP contribution in [0.4, 0.5) is 10.1 Å². The minimum atomic E-state index is -0.306. The molecule has 1 aromatic rings. The standard InChI is InChI=1S/C18H24FN3OS/c1-22-16(17(23)20-15-10-8-13(19)9-11-15)12-24-18(22)21-14-6-4-2-3-5-7-14/h8-11,14,16H,2-7,12H2,1H3,(H,20,23). The van der Waals surface area contributed by atoms with Gasteiger partial charge in [-0.05, 0) is 37.1 Å². The summed E-state index contributed by atoms with van der Waals surface area (Å²) in [5.74, 6) is 0.330. The highest BCUT2D eigenvalue weighted by atomic mass is 32.2. The predicted octanol–water partition coefficient (Wildman–Crippen LogP) is 3.89. The van der Waals surface area contributed by atoms with Crippen LogP contribution in [0.25, 0.3) is 0 Å². The van der Waals surface area contributed by atoms with Gasteiger partial charge >= 0.3 is 0 Å². The molecule has 2 fully saturated rings. The van der Waals surface area contributed by atoms with E-state index in [-0.39, 0.29) is 17.8 Å². The SMILES string of the molecule is CN1C(=NC2CCCCCC2)SCC1C(=O)Nc1ccc(F)cc1. The van der Waals surface area contributed by atoms with Gasteiger partial charge in [-0.15, -0.1) is 0 Å². The van der Waals surface area contributed by atoms with E-state index in [2.05, 4.69) is 5.32 Å². The smallest absolute Gasteiger partial charge is 0.248 e. The van der Waals surface area contributed by atoms with Gasteiger partial charge in [0, 0.05) is 18.5 Å². The number of aliphatic imine (C=N–C) groups is 1. The summed E-state index contributed by atoms with van der Waals surface area (Å²) in [6.07, 6.45) is 7.45. The Kier molecular flexibility index (Phi) is 5.76. The summed E-state index contributed by atoms with van der Waals surface area (Å²) in [5.41, 5.74) is 0.619. The molecule has 1 saturated heterocycles. The third-order valence-corrected chi connectivity index (χ3v) is 5.81. The van der Waals surface area contributed by atoms with E-state index in [1.807, 2.05) is 11.9 Å². The number of halogens is 1. The van der Waals surface area contributed by atoms with E-state index in [4.69, 9.17) is 4.99 Å². The van der Waals surface area contributed by atoms with Gasteiger partial charge in [0.25, 0.3) is 0 Å². The summed E-state index contributed by atoms with van der Waals surface area (Å²) >= 11 is 1.66. The number of amides is 1. The monoisotopic (exact) mass is 349 g/mol. The van der Waals surface area contributed by atoms with Crippen molar-refractivity contribution in [2.75, 3.05) is 18.1 Å². The Hall–Kier alpha value is -1.56. The quantitative estimate of drug-likeness (QED) is 0.842. The molecule has 0 spiro atoms. The fraction of sp³-hybridized carbons (Fsp3) is 0.556. The number of thioether (sulfide) groups is 1. The molecule has 6 heteroatoms. The van der Waals surface area contributed by atoms with Crippen molar-refractivity contribution < 1.29 is 9.18 Å². The number of nitrogens with one attached hydrogen (secondary N) is 1. The number of amidine groups is 1. The largest absolute Gasteiger partial charge is 0.342 e. The molecule has 1 aliphatic heterocycles. The van der Waals surface area contributed by atoms with Gasteiger partial charge in [0.1, 0.15) is 11.9 Å². The first-order valence-corrected chi connectivity index (χ1v) is 9.62. The lowest BCUT2D eigenvalue weighted by Gasteiger charge is -2.21. The summed E-state index contributed by atoms with van der Waals surface area (Å²) in [4.78, 5) is 19.4. The molecular weight excluding hydrogens is 325 g/mol. The number of hydrogen-bond acceptors (Lipinski definition) is 3. The first-order chi connectivity index (χ1) is 11.6. The topological polar surface area (TPSA) is 44.7 Å². The normalized spacial score (nSPS) is 24.2. The molecule has 1 N–H and O–H groups in total. The number of rotatable bonds is 3. The fourth-order valence-corrected chi connectivity index (χ4v) is 4.42. The molecule has 1 atom stereocenters. The van der Waals surface area contributed by atoms with Crippen LogP contribution in [0.2, 0.25) is 0 Å². The molecule has 0 bridgehead atoms. The van der Waals surface area contributed by atoms with E-state index < -0.39 is 0 Å². The Labute approximate surface area is 146 Å². The highest BCUT2D eigenvalue weighted by Crippen LogP contribution is 2.27. The van der Waals surface area contributed by atoms with Crippen LogP contribution in [0, 0.1) is 5.82 Å². The highest BCUT2D eigenvalue weighted by molar-refractivity contribution is 8.14. The zero-order valence-electron chi connectivity index (χ0n) is 14.0. The van der Waals surface area contributed by atoms with Gasteiger partial charge in [0.2, 0.25) is 5.91 Å². The van der Waals surface area contributed by atoms with Crippen LogP contribution in [0.15, 0.2) is 29.3 Å². The predicted molar refractivity (Wildman–Crippen MR) is 98.0 cm³/mol. The van der Waals surface area contributed by atoms with Gasteiger partial charge in [-0.2, -0.15) is 0 Å². The summed E-state index contributed by atoms with van der Waals surface area (Å²) in [5, 5.41) is 3.83. The summed E-state index contributed by atoms with van der Waals surface area (Å²) in [7, 11) is 1.93. The number of anilines is 1. The van der Waals surface area contributed by atoms with Crippen molar-refractivity contribution in [1.82, 2.24) is 4.90 Å². The van der Waals surface area contributed by atoms with E-state index in [1.165, 1.54) is 37.8 Å². The maximum Gasteiger partial charge on any atom is 0.248 e. The molecule has 130 valence electrons. The lowest BCUT2D eigenvalue weighted by atomic mass is 10.1. The lowest BCUT2D eigenvalue weighted by Crippen LogP contribution is -2.40. The number of carbonyl (C=O) groups excluding carboxylic acids is 1. The van der Waals surface area contributed by atoms with Crippen molar-refractivity contribution >= 4 is 28.5 Å². The van der Waals surface area contributed by atoms with E-state index in [0.717, 1.165) is 18.0 Å². The van der Waals surface area contributed by atoms with Crippen molar-refractivity contribution in [2.24, 2.45) is 4.99 Å². The Morgan fingerprint density at radius 3 is 2.54 bits per heavy atom. The summed E-state index contributed by atoms with van der Waals surface area (Å²) in [6.45, 7) is 0. The van der Waals surface area contributed by atoms with Gasteiger partial charge in [-0.1, -0.05) is 37.4 Å². The van der Waals surface area contributed by atoms with Crippen molar-refractivity contribution in [1.29, 1.82) is 0 Å². The third-order valence-electron chi connectivity index (χ3n) is 4.67. The molecule has 1 heterocycles. The molecule has 1 unspecified atom stereocenters. The van der Waals surface area contributed by atoms with Crippen LogP contribution in [0.1, 0.15) is 38.5 Å². The molecule has 3 rings (SSSR count). The van der Waals surface area contributed by atoms with Crippen LogP contribution < -0.4 is 5.32 Å². The second kappa shape index (κ2) is 8.01. The average molecular weight is 349 g/mol. The van der Waals surface area contributed by atoms with Gasteiger partial charge in [0.15, 0.2) is 5.17 Å². The number of benzene rings is 1. The van der Waals surface area contributed by atoms with Gasteiger partial charge < -0.3 is 10.2 Å². The highest BCUT2D eigenvalue weighted by Gasteiger charge is 2.33. The molecule has 1 saturated carbocycles.